The normalized spacial score (nSPS) is 38.0. The van der Waals surface area contributed by atoms with Gasteiger partial charge in [0.05, 0.1) is 12.6 Å². The maximum Gasteiger partial charge on any atom is 0.318 e. The van der Waals surface area contributed by atoms with Crippen LogP contribution in [0, 0.1) is 0 Å². The molecule has 0 spiro atoms. The van der Waals surface area contributed by atoms with E-state index < -0.39 is 36.4 Å². The molecule has 4 unspecified atom stereocenters. The van der Waals surface area contributed by atoms with Gasteiger partial charge in [-0.05, 0) is 7.05 Å². The maximum atomic E-state index is 13.8. The van der Waals surface area contributed by atoms with Crippen molar-refractivity contribution in [2.45, 2.75) is 36.8 Å². The van der Waals surface area contributed by atoms with E-state index in [-0.39, 0.29) is 13.0 Å². The quantitative estimate of drug-likeness (QED) is 0.341. The van der Waals surface area contributed by atoms with Crippen LogP contribution in [-0.2, 0) is 9.57 Å². The molecule has 0 radical (unpaired) electrons. The molecule has 114 valence electrons. The summed E-state index contributed by atoms with van der Waals surface area (Å²) in [5, 5.41) is 5.22. The van der Waals surface area contributed by atoms with Gasteiger partial charge in [-0.3, -0.25) is 4.84 Å². The number of urea groups is 1. The van der Waals surface area contributed by atoms with Crippen molar-refractivity contribution in [2.75, 3.05) is 26.7 Å². The van der Waals surface area contributed by atoms with Crippen molar-refractivity contribution in [1.82, 2.24) is 21.0 Å². The van der Waals surface area contributed by atoms with Crippen molar-refractivity contribution in [3.05, 3.63) is 0 Å². The minimum atomic E-state index is -2.89. The van der Waals surface area contributed by atoms with Crippen molar-refractivity contribution in [2.24, 2.45) is 0 Å². The Morgan fingerprint density at radius 1 is 1.60 bits per heavy atom. The topological polar surface area (TPSA) is 78.2 Å². The SMILES string of the molecule is CNCCONC1OC1C1CC(F)(F)C2CN1C(=O)N2. The van der Waals surface area contributed by atoms with E-state index in [1.165, 1.54) is 4.90 Å². The molecule has 2 amide bonds. The first-order chi connectivity index (χ1) is 9.53. The third-order valence-corrected chi connectivity index (χ3v) is 3.89. The highest BCUT2D eigenvalue weighted by molar-refractivity contribution is 5.78. The zero-order chi connectivity index (χ0) is 14.3. The molecule has 7 nitrogen and oxygen atoms in total. The summed E-state index contributed by atoms with van der Waals surface area (Å²) in [5.74, 6) is -2.89. The molecule has 0 aromatic heterocycles. The molecular formula is C11H18F2N4O3. The number of hydroxylamine groups is 1. The molecule has 3 saturated heterocycles. The summed E-state index contributed by atoms with van der Waals surface area (Å²) in [4.78, 5) is 18.2. The van der Waals surface area contributed by atoms with Crippen LogP contribution >= 0.6 is 0 Å². The largest absolute Gasteiger partial charge is 0.349 e. The van der Waals surface area contributed by atoms with Crippen LogP contribution in [-0.4, -0.2) is 68.0 Å². The Balaban J connectivity index is 1.54. The number of epoxide rings is 1. The Hall–Kier alpha value is -1.03. The highest BCUT2D eigenvalue weighted by Crippen LogP contribution is 2.41. The summed E-state index contributed by atoms with van der Waals surface area (Å²) in [5.41, 5.74) is 2.67. The first kappa shape index (κ1) is 13.9. The van der Waals surface area contributed by atoms with Gasteiger partial charge < -0.3 is 20.3 Å². The van der Waals surface area contributed by atoms with Crippen LogP contribution in [0.3, 0.4) is 0 Å². The molecule has 0 saturated carbocycles. The van der Waals surface area contributed by atoms with E-state index in [2.05, 4.69) is 16.1 Å². The zero-order valence-corrected chi connectivity index (χ0v) is 11.1. The Morgan fingerprint density at radius 2 is 2.40 bits per heavy atom. The molecule has 3 aliphatic rings. The minimum Gasteiger partial charge on any atom is -0.349 e. The van der Waals surface area contributed by atoms with Gasteiger partial charge >= 0.3 is 6.03 Å². The van der Waals surface area contributed by atoms with Gasteiger partial charge in [0.25, 0.3) is 5.92 Å². The molecule has 20 heavy (non-hydrogen) atoms. The fraction of sp³-hybridized carbons (Fsp3) is 0.909. The number of alkyl halides is 2. The molecule has 0 aromatic carbocycles. The number of carbonyl (C=O) groups excluding carboxylic acids is 1. The Kier molecular flexibility index (Phi) is 3.53. The lowest BCUT2D eigenvalue weighted by molar-refractivity contribution is -0.0752. The number of piperidine rings is 1. The average Bonchev–Trinajstić information content (AvgIpc) is 3.07. The van der Waals surface area contributed by atoms with E-state index in [1.54, 1.807) is 7.05 Å². The second-order valence-corrected chi connectivity index (χ2v) is 5.28. The fourth-order valence-electron chi connectivity index (χ4n) is 2.71. The van der Waals surface area contributed by atoms with Gasteiger partial charge in [0.1, 0.15) is 12.1 Å². The van der Waals surface area contributed by atoms with Crippen LogP contribution in [0.15, 0.2) is 0 Å². The molecule has 3 heterocycles. The monoisotopic (exact) mass is 292 g/mol. The van der Waals surface area contributed by atoms with Crippen LogP contribution in [0.25, 0.3) is 0 Å². The van der Waals surface area contributed by atoms with Gasteiger partial charge in [-0.2, -0.15) is 5.48 Å². The molecule has 3 aliphatic heterocycles. The molecule has 3 fully saturated rings. The Labute approximate surface area is 114 Å². The molecule has 0 aromatic rings. The Bertz CT molecular complexity index is 398. The van der Waals surface area contributed by atoms with Gasteiger partial charge in [0, 0.05) is 19.5 Å². The van der Waals surface area contributed by atoms with Crippen LogP contribution in [0.1, 0.15) is 6.42 Å². The average molecular weight is 292 g/mol. The van der Waals surface area contributed by atoms with Crippen molar-refractivity contribution in [3.63, 3.8) is 0 Å². The number of amides is 2. The number of hydrogen-bond acceptors (Lipinski definition) is 5. The number of fused-ring (bicyclic) bond motifs is 2. The van der Waals surface area contributed by atoms with E-state index in [4.69, 9.17) is 9.57 Å². The van der Waals surface area contributed by atoms with Gasteiger partial charge in [-0.1, -0.05) is 0 Å². The number of ether oxygens (including phenoxy) is 1. The van der Waals surface area contributed by atoms with E-state index in [0.717, 1.165) is 0 Å². The summed E-state index contributed by atoms with van der Waals surface area (Å²) >= 11 is 0. The lowest BCUT2D eigenvalue weighted by atomic mass is 9.94. The minimum absolute atomic E-state index is 0.0314. The number of nitrogens with zero attached hydrogens (tertiary/aromatic N) is 1. The second kappa shape index (κ2) is 5.06. The maximum absolute atomic E-state index is 13.8. The standard InChI is InChI=1S/C11H18F2N4O3/c1-14-2-3-19-16-9-8(20-9)6-4-11(12,13)7-5-17(6)10(18)15-7/h6-9,14,16H,2-5H2,1H3,(H,15,18). The summed E-state index contributed by atoms with van der Waals surface area (Å²) in [7, 11) is 1.80. The summed E-state index contributed by atoms with van der Waals surface area (Å²) < 4.78 is 33.0. The first-order valence-corrected chi connectivity index (χ1v) is 6.65. The van der Waals surface area contributed by atoms with Crippen LogP contribution in [0.4, 0.5) is 13.6 Å². The number of nitrogens with one attached hydrogen (secondary N) is 3. The predicted molar refractivity (Wildman–Crippen MR) is 64.1 cm³/mol. The first-order valence-electron chi connectivity index (χ1n) is 6.65. The van der Waals surface area contributed by atoms with Crippen molar-refractivity contribution < 1.29 is 23.1 Å². The molecule has 0 aliphatic carbocycles. The van der Waals surface area contributed by atoms with Gasteiger partial charge in [0.2, 0.25) is 0 Å². The van der Waals surface area contributed by atoms with E-state index in [9.17, 15) is 13.6 Å². The van der Waals surface area contributed by atoms with Crippen molar-refractivity contribution in [3.8, 4) is 0 Å². The van der Waals surface area contributed by atoms with Crippen LogP contribution in [0.2, 0.25) is 0 Å². The predicted octanol–water partition coefficient (Wildman–Crippen LogP) is -0.747. The van der Waals surface area contributed by atoms with E-state index in [1.807, 2.05) is 0 Å². The Morgan fingerprint density at radius 3 is 3.15 bits per heavy atom. The van der Waals surface area contributed by atoms with Crippen LogP contribution in [0.5, 0.6) is 0 Å². The summed E-state index contributed by atoms with van der Waals surface area (Å²) in [6.45, 7) is 1.14. The molecule has 3 rings (SSSR count). The smallest absolute Gasteiger partial charge is 0.318 e. The molecule has 9 heteroatoms. The van der Waals surface area contributed by atoms with E-state index >= 15 is 0 Å². The highest BCUT2D eigenvalue weighted by atomic mass is 19.3. The molecule has 2 bridgehead atoms. The third kappa shape index (κ3) is 2.46. The second-order valence-electron chi connectivity index (χ2n) is 5.28. The van der Waals surface area contributed by atoms with E-state index in [0.29, 0.717) is 13.2 Å². The number of hydrogen-bond donors (Lipinski definition) is 3. The van der Waals surface area contributed by atoms with Crippen molar-refractivity contribution >= 4 is 6.03 Å². The highest BCUT2D eigenvalue weighted by Gasteiger charge is 2.61. The van der Waals surface area contributed by atoms with Gasteiger partial charge in [-0.15, -0.1) is 0 Å². The zero-order valence-electron chi connectivity index (χ0n) is 11.1. The lowest BCUT2D eigenvalue weighted by Crippen LogP contribution is -2.53. The third-order valence-electron chi connectivity index (χ3n) is 3.89. The fourth-order valence-corrected chi connectivity index (χ4v) is 2.71. The van der Waals surface area contributed by atoms with Crippen LogP contribution < -0.4 is 16.1 Å². The number of carbonyl (C=O) groups is 1. The van der Waals surface area contributed by atoms with Gasteiger partial charge in [0.15, 0.2) is 6.23 Å². The summed E-state index contributed by atoms with van der Waals surface area (Å²) in [6, 6.07) is -2.14. The molecule has 4 atom stereocenters. The molecule has 3 N–H and O–H groups in total. The number of halogens is 2. The molecular weight excluding hydrogens is 274 g/mol. The van der Waals surface area contributed by atoms with Gasteiger partial charge in [-0.25, -0.2) is 13.6 Å². The van der Waals surface area contributed by atoms with Crippen molar-refractivity contribution in [1.29, 1.82) is 0 Å². The number of rotatable bonds is 6. The summed E-state index contributed by atoms with van der Waals surface area (Å²) in [6.07, 6.45) is -1.26. The number of likely N-dealkylation sites (N-methyl/N-ethyl adjacent to an activating group) is 1. The lowest BCUT2D eigenvalue weighted by Gasteiger charge is -2.34.